The number of nitrogens with one attached hydrogen (secondary N) is 1. The molecule has 0 aliphatic rings. The molecule has 0 atom stereocenters. The molecule has 1 N–H and O–H groups in total. The molecule has 0 aliphatic carbocycles. The molecule has 2 heterocycles. The van der Waals surface area contributed by atoms with Crippen LogP contribution in [0.5, 0.6) is 0 Å². The standard InChI is InChI=1S/C11H17N7O2/c1-3-6-17-11(10(18(19)20)9(2)14-17)12-4-7-16-8-5-13-15-16/h5,8,12H,3-4,6-7H2,1-2H3. The zero-order valence-corrected chi connectivity index (χ0v) is 11.5. The summed E-state index contributed by atoms with van der Waals surface area (Å²) in [5.74, 6) is 0.453. The summed E-state index contributed by atoms with van der Waals surface area (Å²) < 4.78 is 3.31. The summed E-state index contributed by atoms with van der Waals surface area (Å²) in [5.41, 5.74) is 0.462. The van der Waals surface area contributed by atoms with Crippen LogP contribution < -0.4 is 5.32 Å². The third kappa shape index (κ3) is 2.92. The first kappa shape index (κ1) is 14.0. The van der Waals surface area contributed by atoms with Gasteiger partial charge < -0.3 is 5.32 Å². The summed E-state index contributed by atoms with van der Waals surface area (Å²) in [6.45, 7) is 5.38. The third-order valence-corrected chi connectivity index (χ3v) is 2.82. The second-order valence-corrected chi connectivity index (χ2v) is 4.36. The number of nitro groups is 1. The Labute approximate surface area is 115 Å². The maximum Gasteiger partial charge on any atom is 0.333 e. The molecule has 0 saturated heterocycles. The maximum atomic E-state index is 11.1. The van der Waals surface area contributed by atoms with E-state index in [1.54, 1.807) is 28.7 Å². The number of hydrogen-bond acceptors (Lipinski definition) is 6. The van der Waals surface area contributed by atoms with Crippen molar-refractivity contribution >= 4 is 11.5 Å². The van der Waals surface area contributed by atoms with Gasteiger partial charge in [-0.3, -0.25) is 14.8 Å². The second-order valence-electron chi connectivity index (χ2n) is 4.36. The average molecular weight is 279 g/mol. The van der Waals surface area contributed by atoms with Gasteiger partial charge in [0.05, 0.1) is 17.7 Å². The van der Waals surface area contributed by atoms with Gasteiger partial charge >= 0.3 is 5.69 Å². The molecule has 0 saturated carbocycles. The van der Waals surface area contributed by atoms with Crippen LogP contribution in [0.3, 0.4) is 0 Å². The molecule has 0 bridgehead atoms. The number of anilines is 1. The highest BCUT2D eigenvalue weighted by Gasteiger charge is 2.24. The quantitative estimate of drug-likeness (QED) is 0.603. The fourth-order valence-corrected chi connectivity index (χ4v) is 1.98. The van der Waals surface area contributed by atoms with Crippen LogP contribution in [0, 0.1) is 17.0 Å². The zero-order valence-electron chi connectivity index (χ0n) is 11.5. The van der Waals surface area contributed by atoms with E-state index in [0.717, 1.165) is 6.42 Å². The monoisotopic (exact) mass is 279 g/mol. The summed E-state index contributed by atoms with van der Waals surface area (Å²) in [6.07, 6.45) is 4.19. The average Bonchev–Trinajstić information content (AvgIpc) is 2.99. The Kier molecular flexibility index (Phi) is 4.28. The van der Waals surface area contributed by atoms with Crippen molar-refractivity contribution in [2.24, 2.45) is 0 Å². The van der Waals surface area contributed by atoms with E-state index in [2.05, 4.69) is 20.7 Å². The summed E-state index contributed by atoms with van der Waals surface area (Å²) in [6, 6.07) is 0. The Balaban J connectivity index is 2.13. The molecule has 2 aromatic rings. The molecule has 0 aromatic carbocycles. The molecule has 2 rings (SSSR count). The van der Waals surface area contributed by atoms with E-state index in [0.29, 0.717) is 31.1 Å². The molecule has 2 aromatic heterocycles. The number of nitrogens with zero attached hydrogens (tertiary/aromatic N) is 6. The van der Waals surface area contributed by atoms with E-state index in [4.69, 9.17) is 0 Å². The minimum absolute atomic E-state index is 0.0389. The van der Waals surface area contributed by atoms with Gasteiger partial charge in [-0.2, -0.15) is 5.10 Å². The zero-order chi connectivity index (χ0) is 14.5. The number of aromatic nitrogens is 5. The predicted molar refractivity (Wildman–Crippen MR) is 72.4 cm³/mol. The fraction of sp³-hybridized carbons (Fsp3) is 0.545. The molecule has 20 heavy (non-hydrogen) atoms. The Morgan fingerprint density at radius 2 is 2.25 bits per heavy atom. The third-order valence-electron chi connectivity index (χ3n) is 2.82. The number of hydrogen-bond donors (Lipinski definition) is 1. The van der Waals surface area contributed by atoms with Crippen LogP contribution in [0.25, 0.3) is 0 Å². The van der Waals surface area contributed by atoms with Crippen molar-refractivity contribution in [1.29, 1.82) is 0 Å². The smallest absolute Gasteiger partial charge is 0.333 e. The van der Waals surface area contributed by atoms with Crippen molar-refractivity contribution in [2.75, 3.05) is 11.9 Å². The minimum atomic E-state index is -0.397. The van der Waals surface area contributed by atoms with Gasteiger partial charge in [0, 0.05) is 19.3 Å². The van der Waals surface area contributed by atoms with Gasteiger partial charge in [0.25, 0.3) is 0 Å². The van der Waals surface area contributed by atoms with Gasteiger partial charge in [0.2, 0.25) is 5.82 Å². The van der Waals surface area contributed by atoms with Gasteiger partial charge in [-0.25, -0.2) is 4.68 Å². The van der Waals surface area contributed by atoms with Gasteiger partial charge in [-0.05, 0) is 13.3 Å². The minimum Gasteiger partial charge on any atom is -0.363 e. The van der Waals surface area contributed by atoms with Crippen LogP contribution in [-0.2, 0) is 13.1 Å². The molecule has 9 heteroatoms. The van der Waals surface area contributed by atoms with Gasteiger partial charge in [-0.15, -0.1) is 5.10 Å². The lowest BCUT2D eigenvalue weighted by Gasteiger charge is -2.08. The van der Waals surface area contributed by atoms with Crippen molar-refractivity contribution in [3.8, 4) is 0 Å². The molecule has 0 fully saturated rings. The van der Waals surface area contributed by atoms with E-state index in [-0.39, 0.29) is 5.69 Å². The van der Waals surface area contributed by atoms with E-state index < -0.39 is 4.92 Å². The largest absolute Gasteiger partial charge is 0.363 e. The highest BCUT2D eigenvalue weighted by Crippen LogP contribution is 2.28. The van der Waals surface area contributed by atoms with Crippen molar-refractivity contribution < 1.29 is 4.92 Å². The Bertz CT molecular complexity index is 576. The highest BCUT2D eigenvalue weighted by molar-refractivity contribution is 5.59. The van der Waals surface area contributed by atoms with E-state index in [1.165, 1.54) is 0 Å². The molecule has 0 radical (unpaired) electrons. The van der Waals surface area contributed by atoms with Crippen LogP contribution in [0.1, 0.15) is 19.0 Å². The molecule has 0 aliphatic heterocycles. The van der Waals surface area contributed by atoms with E-state index in [1.807, 2.05) is 6.92 Å². The van der Waals surface area contributed by atoms with Gasteiger partial charge in [0.15, 0.2) is 0 Å². The summed E-state index contributed by atoms with van der Waals surface area (Å²) in [7, 11) is 0. The van der Waals surface area contributed by atoms with Crippen molar-refractivity contribution in [2.45, 2.75) is 33.4 Å². The van der Waals surface area contributed by atoms with E-state index in [9.17, 15) is 10.1 Å². The lowest BCUT2D eigenvalue weighted by molar-refractivity contribution is -0.384. The fourth-order valence-electron chi connectivity index (χ4n) is 1.98. The van der Waals surface area contributed by atoms with Crippen molar-refractivity contribution in [3.63, 3.8) is 0 Å². The lowest BCUT2D eigenvalue weighted by Crippen LogP contribution is -2.15. The Morgan fingerprint density at radius 3 is 2.85 bits per heavy atom. The molecular formula is C11H17N7O2. The molecule has 9 nitrogen and oxygen atoms in total. The van der Waals surface area contributed by atoms with Crippen molar-refractivity contribution in [3.05, 3.63) is 28.2 Å². The first-order chi connectivity index (χ1) is 9.63. The summed E-state index contributed by atoms with van der Waals surface area (Å²) >= 11 is 0. The van der Waals surface area contributed by atoms with Gasteiger partial charge in [0.1, 0.15) is 5.69 Å². The molecule has 108 valence electrons. The topological polar surface area (TPSA) is 104 Å². The van der Waals surface area contributed by atoms with Crippen LogP contribution in [-0.4, -0.2) is 36.2 Å². The second kappa shape index (κ2) is 6.13. The van der Waals surface area contributed by atoms with E-state index >= 15 is 0 Å². The van der Waals surface area contributed by atoms with Crippen LogP contribution in [0.4, 0.5) is 11.5 Å². The number of aryl methyl sites for hydroxylation is 2. The number of rotatable bonds is 7. The maximum absolute atomic E-state index is 11.1. The molecular weight excluding hydrogens is 262 g/mol. The normalized spacial score (nSPS) is 10.7. The predicted octanol–water partition coefficient (Wildman–Crippen LogP) is 1.21. The van der Waals surface area contributed by atoms with Crippen LogP contribution >= 0.6 is 0 Å². The molecule has 0 spiro atoms. The summed E-state index contributed by atoms with van der Waals surface area (Å²) in [4.78, 5) is 10.7. The van der Waals surface area contributed by atoms with Crippen molar-refractivity contribution in [1.82, 2.24) is 24.8 Å². The first-order valence-electron chi connectivity index (χ1n) is 6.43. The molecule has 0 unspecified atom stereocenters. The van der Waals surface area contributed by atoms with Crippen LogP contribution in [0.2, 0.25) is 0 Å². The van der Waals surface area contributed by atoms with Crippen LogP contribution in [0.15, 0.2) is 12.4 Å². The Hall–Kier alpha value is -2.45. The summed E-state index contributed by atoms with van der Waals surface area (Å²) in [5, 5.41) is 26.0. The first-order valence-corrected chi connectivity index (χ1v) is 6.43. The van der Waals surface area contributed by atoms with Gasteiger partial charge in [-0.1, -0.05) is 12.1 Å². The Morgan fingerprint density at radius 1 is 1.45 bits per heavy atom. The lowest BCUT2D eigenvalue weighted by atomic mass is 10.4. The highest BCUT2D eigenvalue weighted by atomic mass is 16.6. The SMILES string of the molecule is CCCn1nc(C)c([N+](=O)[O-])c1NCCn1ccnn1. The molecule has 0 amide bonds.